The highest BCUT2D eigenvalue weighted by atomic mass is 35.5. The second-order valence-electron chi connectivity index (χ2n) is 3.58. The molecule has 1 atom stereocenters. The summed E-state index contributed by atoms with van der Waals surface area (Å²) in [6, 6.07) is 2.38. The van der Waals surface area contributed by atoms with Gasteiger partial charge in [0.15, 0.2) is 5.22 Å². The summed E-state index contributed by atoms with van der Waals surface area (Å²) in [5.41, 5.74) is 5.07. The average Bonchev–Trinajstić information content (AvgIpc) is 2.83. The largest absolute Gasteiger partial charge is 0.480 e. The molecule has 1 fully saturated rings. The smallest absolute Gasteiger partial charge is 0.321 e. The Morgan fingerprint density at radius 3 is 2.64 bits per heavy atom. The lowest BCUT2D eigenvalue weighted by Gasteiger charge is -2.16. The van der Waals surface area contributed by atoms with Crippen molar-refractivity contribution in [2.24, 2.45) is 5.73 Å². The third kappa shape index (κ3) is 1.31. The van der Waals surface area contributed by atoms with Crippen molar-refractivity contribution in [2.75, 3.05) is 0 Å². The second-order valence-corrected chi connectivity index (χ2v) is 3.95. The standard InChI is InChI=1S/C9H10ClNO3/c10-6-2-1-5(14-6)9(3-4-9)7(11)8(12)13/h1-2,7H,3-4,11H2,(H,12,13). The van der Waals surface area contributed by atoms with Crippen LogP contribution >= 0.6 is 11.6 Å². The topological polar surface area (TPSA) is 76.5 Å². The first-order valence-electron chi connectivity index (χ1n) is 4.30. The molecule has 76 valence electrons. The molecule has 4 nitrogen and oxygen atoms in total. The fraction of sp³-hybridized carbons (Fsp3) is 0.444. The quantitative estimate of drug-likeness (QED) is 0.799. The summed E-state index contributed by atoms with van der Waals surface area (Å²) in [4.78, 5) is 10.8. The molecule has 0 radical (unpaired) electrons. The molecule has 5 heteroatoms. The van der Waals surface area contributed by atoms with Crippen LogP contribution in [-0.2, 0) is 10.2 Å². The van der Waals surface area contributed by atoms with Crippen LogP contribution in [0.2, 0.25) is 5.22 Å². The SMILES string of the molecule is NC(C(=O)O)C1(c2ccc(Cl)o2)CC1. The van der Waals surface area contributed by atoms with Gasteiger partial charge in [0.05, 0.1) is 5.41 Å². The van der Waals surface area contributed by atoms with Gasteiger partial charge < -0.3 is 15.3 Å². The predicted octanol–water partition coefficient (Wildman–Crippen LogP) is 1.38. The number of carboxylic acid groups (broad SMARTS) is 1. The molecule has 1 saturated carbocycles. The summed E-state index contributed by atoms with van der Waals surface area (Å²) in [5.74, 6) is -0.424. The van der Waals surface area contributed by atoms with E-state index in [0.717, 1.165) is 12.8 Å². The number of nitrogens with two attached hydrogens (primary N) is 1. The molecule has 0 bridgehead atoms. The lowest BCUT2D eigenvalue weighted by Crippen LogP contribution is -2.41. The van der Waals surface area contributed by atoms with E-state index in [-0.39, 0.29) is 5.22 Å². The molecule has 1 aromatic heterocycles. The van der Waals surface area contributed by atoms with Gasteiger partial charge in [0.1, 0.15) is 11.8 Å². The van der Waals surface area contributed by atoms with Crippen molar-refractivity contribution in [3.05, 3.63) is 23.1 Å². The van der Waals surface area contributed by atoms with E-state index in [2.05, 4.69) is 0 Å². The molecule has 3 N–H and O–H groups in total. The van der Waals surface area contributed by atoms with Crippen molar-refractivity contribution in [3.8, 4) is 0 Å². The number of carbonyl (C=O) groups is 1. The maximum atomic E-state index is 10.8. The molecule has 1 unspecified atom stereocenters. The zero-order chi connectivity index (χ0) is 10.3. The van der Waals surface area contributed by atoms with Crippen molar-refractivity contribution in [1.82, 2.24) is 0 Å². The van der Waals surface area contributed by atoms with Gasteiger partial charge in [-0.05, 0) is 36.6 Å². The van der Waals surface area contributed by atoms with E-state index in [0.29, 0.717) is 5.76 Å². The van der Waals surface area contributed by atoms with Crippen LogP contribution < -0.4 is 5.73 Å². The first kappa shape index (κ1) is 9.55. The summed E-state index contributed by atoms with van der Waals surface area (Å²) < 4.78 is 5.20. The van der Waals surface area contributed by atoms with Crippen LogP contribution in [0.1, 0.15) is 18.6 Å². The third-order valence-electron chi connectivity index (χ3n) is 2.71. The fourth-order valence-corrected chi connectivity index (χ4v) is 1.81. The molecule has 1 aromatic rings. The van der Waals surface area contributed by atoms with E-state index in [1.807, 2.05) is 0 Å². The van der Waals surface area contributed by atoms with Crippen molar-refractivity contribution >= 4 is 17.6 Å². The number of aliphatic carboxylic acids is 1. The van der Waals surface area contributed by atoms with E-state index < -0.39 is 17.4 Å². The monoisotopic (exact) mass is 215 g/mol. The van der Waals surface area contributed by atoms with Crippen molar-refractivity contribution in [3.63, 3.8) is 0 Å². The minimum Gasteiger partial charge on any atom is -0.480 e. The first-order chi connectivity index (χ1) is 6.56. The zero-order valence-electron chi connectivity index (χ0n) is 7.37. The summed E-state index contributed by atoms with van der Waals surface area (Å²) in [6.45, 7) is 0. The first-order valence-corrected chi connectivity index (χ1v) is 4.68. The van der Waals surface area contributed by atoms with E-state index in [1.165, 1.54) is 0 Å². The molecule has 0 spiro atoms. The Labute approximate surface area is 85.6 Å². The van der Waals surface area contributed by atoms with Crippen LogP contribution in [0, 0.1) is 0 Å². The van der Waals surface area contributed by atoms with Gasteiger partial charge in [0.2, 0.25) is 0 Å². The van der Waals surface area contributed by atoms with Crippen molar-refractivity contribution in [1.29, 1.82) is 0 Å². The Balaban J connectivity index is 2.29. The summed E-state index contributed by atoms with van der Waals surface area (Å²) in [7, 11) is 0. The molecule has 0 aromatic carbocycles. The molecule has 14 heavy (non-hydrogen) atoms. The number of halogens is 1. The molecule has 1 aliphatic carbocycles. The van der Waals surface area contributed by atoms with E-state index in [9.17, 15) is 4.79 Å². The Hall–Kier alpha value is -1.00. The molecule has 0 saturated heterocycles. The average molecular weight is 216 g/mol. The van der Waals surface area contributed by atoms with Crippen LogP contribution in [0.5, 0.6) is 0 Å². The highest BCUT2D eigenvalue weighted by Crippen LogP contribution is 2.51. The van der Waals surface area contributed by atoms with Crippen LogP contribution in [0.25, 0.3) is 0 Å². The zero-order valence-corrected chi connectivity index (χ0v) is 8.12. The Morgan fingerprint density at radius 2 is 2.29 bits per heavy atom. The van der Waals surface area contributed by atoms with Crippen LogP contribution in [0.4, 0.5) is 0 Å². The van der Waals surface area contributed by atoms with E-state index in [4.69, 9.17) is 26.9 Å². The maximum Gasteiger partial charge on any atom is 0.321 e. The molecule has 1 heterocycles. The second kappa shape index (κ2) is 3.00. The van der Waals surface area contributed by atoms with Crippen molar-refractivity contribution in [2.45, 2.75) is 24.3 Å². The Morgan fingerprint density at radius 1 is 1.64 bits per heavy atom. The van der Waals surface area contributed by atoms with Gasteiger partial charge in [-0.15, -0.1) is 0 Å². The number of rotatable bonds is 3. The maximum absolute atomic E-state index is 10.8. The van der Waals surface area contributed by atoms with Gasteiger partial charge in [0, 0.05) is 0 Å². The number of hydrogen-bond acceptors (Lipinski definition) is 3. The van der Waals surface area contributed by atoms with Gasteiger partial charge in [-0.2, -0.15) is 0 Å². The van der Waals surface area contributed by atoms with E-state index in [1.54, 1.807) is 12.1 Å². The van der Waals surface area contributed by atoms with Crippen molar-refractivity contribution < 1.29 is 14.3 Å². The molecule has 0 amide bonds. The summed E-state index contributed by atoms with van der Waals surface area (Å²) in [6.07, 6.45) is 1.48. The number of hydrogen-bond donors (Lipinski definition) is 2. The summed E-state index contributed by atoms with van der Waals surface area (Å²) in [5, 5.41) is 9.09. The molecule has 1 aliphatic rings. The highest BCUT2D eigenvalue weighted by molar-refractivity contribution is 6.28. The van der Waals surface area contributed by atoms with Crippen LogP contribution in [0.15, 0.2) is 16.5 Å². The normalized spacial score (nSPS) is 20.4. The van der Waals surface area contributed by atoms with Crippen LogP contribution in [0.3, 0.4) is 0 Å². The van der Waals surface area contributed by atoms with Gasteiger partial charge >= 0.3 is 5.97 Å². The number of carboxylic acids is 1. The molecular weight excluding hydrogens is 206 g/mol. The third-order valence-corrected chi connectivity index (χ3v) is 2.92. The van der Waals surface area contributed by atoms with Gasteiger partial charge in [-0.3, -0.25) is 4.79 Å². The van der Waals surface area contributed by atoms with Gasteiger partial charge in [0.25, 0.3) is 0 Å². The molecule has 2 rings (SSSR count). The Bertz CT molecular complexity index is 370. The summed E-state index contributed by atoms with van der Waals surface area (Å²) >= 11 is 5.62. The van der Waals surface area contributed by atoms with Gasteiger partial charge in [-0.1, -0.05) is 0 Å². The lowest BCUT2D eigenvalue weighted by molar-refractivity contribution is -0.139. The molecule has 0 aliphatic heterocycles. The minimum atomic E-state index is -1.00. The predicted molar refractivity (Wildman–Crippen MR) is 50.2 cm³/mol. The molecular formula is C9H10ClNO3. The minimum absolute atomic E-state index is 0.267. The van der Waals surface area contributed by atoms with Crippen LogP contribution in [-0.4, -0.2) is 17.1 Å². The van der Waals surface area contributed by atoms with Gasteiger partial charge in [-0.25, -0.2) is 0 Å². The van der Waals surface area contributed by atoms with E-state index >= 15 is 0 Å². The number of furan rings is 1. The fourth-order valence-electron chi connectivity index (χ4n) is 1.66. The lowest BCUT2D eigenvalue weighted by atomic mass is 9.94. The highest BCUT2D eigenvalue weighted by Gasteiger charge is 2.54. The Kier molecular flexibility index (Phi) is 2.05.